The first kappa shape index (κ1) is 6.57. The third-order valence-electron chi connectivity index (χ3n) is 4.34. The predicted molar refractivity (Wildman–Crippen MR) is 49.1 cm³/mol. The summed E-state index contributed by atoms with van der Waals surface area (Å²) >= 11 is 0. The summed E-state index contributed by atoms with van der Waals surface area (Å²) in [7, 11) is 0. The molecule has 0 aromatic rings. The molecule has 3 heterocycles. The summed E-state index contributed by atoms with van der Waals surface area (Å²) in [6.07, 6.45) is 9.48. The second kappa shape index (κ2) is 1.86. The fraction of sp³-hybridized carbons (Fsp3) is 1.00. The first-order valence-corrected chi connectivity index (χ1v) is 5.23. The van der Waals surface area contributed by atoms with Crippen molar-refractivity contribution in [3.63, 3.8) is 0 Å². The summed E-state index contributed by atoms with van der Waals surface area (Å²) in [5.41, 5.74) is 0.800. The number of rotatable bonds is 0. The van der Waals surface area contributed by atoms with Crippen LogP contribution in [0, 0.1) is 17.3 Å². The molecule has 3 aliphatic heterocycles. The second-order valence-corrected chi connectivity index (χ2v) is 5.73. The second-order valence-electron chi connectivity index (χ2n) is 5.73. The molecule has 1 aliphatic carbocycles. The molecule has 60 valence electrons. The Labute approximate surface area is 69.8 Å². The van der Waals surface area contributed by atoms with Crippen LogP contribution in [0.5, 0.6) is 0 Å². The zero-order chi connectivity index (χ0) is 7.47. The van der Waals surface area contributed by atoms with E-state index in [1.165, 1.54) is 0 Å². The Morgan fingerprint density at radius 2 is 1.82 bits per heavy atom. The average Bonchev–Trinajstić information content (AvgIpc) is 1.79. The van der Waals surface area contributed by atoms with E-state index in [1.54, 1.807) is 38.2 Å². The predicted octanol–water partition coefficient (Wildman–Crippen LogP) is 2.93. The van der Waals surface area contributed by atoms with Crippen molar-refractivity contribution in [2.24, 2.45) is 17.3 Å². The van der Waals surface area contributed by atoms with Crippen molar-refractivity contribution < 1.29 is 0 Å². The quantitative estimate of drug-likeness (QED) is 0.463. The van der Waals surface area contributed by atoms with Gasteiger partial charge in [0.25, 0.3) is 0 Å². The minimum atomic E-state index is 0.800. The van der Waals surface area contributed by atoms with Gasteiger partial charge >= 0.3 is 0 Å². The molecule has 11 heavy (non-hydrogen) atoms. The fourth-order valence-corrected chi connectivity index (χ4v) is 4.54. The molecule has 0 radical (unpaired) electrons. The van der Waals surface area contributed by atoms with Crippen LogP contribution in [0.4, 0.5) is 0 Å². The Morgan fingerprint density at radius 1 is 1.18 bits per heavy atom. The van der Waals surface area contributed by atoms with Gasteiger partial charge in [0, 0.05) is 0 Å². The van der Waals surface area contributed by atoms with Gasteiger partial charge in [0.1, 0.15) is 6.71 Å². The molecule has 0 amide bonds. The van der Waals surface area contributed by atoms with Gasteiger partial charge in [0.05, 0.1) is 0 Å². The molecule has 0 aromatic heterocycles. The van der Waals surface area contributed by atoms with Gasteiger partial charge in [-0.05, 0) is 36.5 Å². The number of hydrogen-bond acceptors (Lipinski definition) is 0. The van der Waals surface area contributed by atoms with Crippen LogP contribution in [-0.4, -0.2) is 6.71 Å². The highest BCUT2D eigenvalue weighted by molar-refractivity contribution is 6.59. The minimum absolute atomic E-state index is 0.800. The molecule has 0 nitrogen and oxygen atoms in total. The van der Waals surface area contributed by atoms with Crippen molar-refractivity contribution in [3.8, 4) is 0 Å². The highest BCUT2D eigenvalue weighted by Gasteiger charge is 2.49. The van der Waals surface area contributed by atoms with E-state index in [0.29, 0.717) is 0 Å². The minimum Gasteiger partial charge on any atom is -0.0712 e. The zero-order valence-electron chi connectivity index (χ0n) is 7.47. The molecule has 0 spiro atoms. The topological polar surface area (TPSA) is 0 Å². The fourth-order valence-electron chi connectivity index (χ4n) is 4.54. The van der Waals surface area contributed by atoms with Gasteiger partial charge < -0.3 is 0 Å². The Hall–Kier alpha value is 0.0649. The number of hydrogen-bond donors (Lipinski definition) is 0. The van der Waals surface area contributed by atoms with E-state index in [9.17, 15) is 0 Å². The van der Waals surface area contributed by atoms with E-state index in [4.69, 9.17) is 0 Å². The van der Waals surface area contributed by atoms with Crippen molar-refractivity contribution in [1.29, 1.82) is 0 Å². The molecular formula is C10H17B. The largest absolute Gasteiger partial charge is 0.140 e. The lowest BCUT2D eigenvalue weighted by Crippen LogP contribution is -2.47. The lowest BCUT2D eigenvalue weighted by molar-refractivity contribution is 0.108. The van der Waals surface area contributed by atoms with Gasteiger partial charge in [-0.1, -0.05) is 25.9 Å². The van der Waals surface area contributed by atoms with Crippen molar-refractivity contribution in [3.05, 3.63) is 0 Å². The van der Waals surface area contributed by atoms with Crippen LogP contribution in [0.25, 0.3) is 0 Å². The van der Waals surface area contributed by atoms with E-state index in [-0.39, 0.29) is 0 Å². The maximum atomic E-state index is 2.54. The van der Waals surface area contributed by atoms with Crippen LogP contribution in [-0.2, 0) is 0 Å². The Morgan fingerprint density at radius 3 is 2.27 bits per heavy atom. The summed E-state index contributed by atoms with van der Waals surface area (Å²) in [6.45, 7) is 3.68. The smallest absolute Gasteiger partial charge is 0.0712 e. The van der Waals surface area contributed by atoms with E-state index < -0.39 is 0 Å². The van der Waals surface area contributed by atoms with Crippen LogP contribution in [0.15, 0.2) is 0 Å². The summed E-state index contributed by atoms with van der Waals surface area (Å²) in [5, 5.41) is 0. The first-order chi connectivity index (χ1) is 5.23. The van der Waals surface area contributed by atoms with Crippen LogP contribution in [0.1, 0.15) is 26.2 Å². The molecular weight excluding hydrogens is 131 g/mol. The maximum absolute atomic E-state index is 2.54. The molecule has 4 rings (SSSR count). The molecule has 4 fully saturated rings. The van der Waals surface area contributed by atoms with Crippen molar-refractivity contribution in [1.82, 2.24) is 0 Å². The monoisotopic (exact) mass is 148 g/mol. The van der Waals surface area contributed by atoms with Crippen molar-refractivity contribution >= 4 is 6.71 Å². The van der Waals surface area contributed by atoms with Crippen molar-refractivity contribution in [2.45, 2.75) is 45.1 Å². The lowest BCUT2D eigenvalue weighted by Gasteiger charge is -2.54. The summed E-state index contributed by atoms with van der Waals surface area (Å²) in [4.78, 5) is 0. The highest BCUT2D eigenvalue weighted by atomic mass is 14.5. The molecule has 0 N–H and O–H groups in total. The Bertz CT molecular complexity index is 150. The Balaban J connectivity index is 1.94. The third-order valence-corrected chi connectivity index (χ3v) is 4.34. The lowest BCUT2D eigenvalue weighted by atomic mass is 9.25. The normalized spacial score (nSPS) is 53.7. The van der Waals surface area contributed by atoms with Crippen LogP contribution < -0.4 is 0 Å². The molecule has 0 aromatic carbocycles. The third kappa shape index (κ3) is 0.894. The van der Waals surface area contributed by atoms with E-state index in [0.717, 1.165) is 24.0 Å². The van der Waals surface area contributed by atoms with E-state index >= 15 is 0 Å². The summed E-state index contributed by atoms with van der Waals surface area (Å²) in [5.74, 6) is 2.29. The highest BCUT2D eigenvalue weighted by Crippen LogP contribution is 2.57. The summed E-state index contributed by atoms with van der Waals surface area (Å²) < 4.78 is 0. The standard InChI is InChI=1S/C10H17B/c1-10-3-8-2-9(4-10)6-11(5-8)7-10/h8-9H,2-7H2,1H3. The van der Waals surface area contributed by atoms with Gasteiger partial charge in [-0.3, -0.25) is 0 Å². The van der Waals surface area contributed by atoms with Gasteiger partial charge in [-0.2, -0.15) is 0 Å². The molecule has 4 bridgehead atoms. The molecule has 1 saturated carbocycles. The summed E-state index contributed by atoms with van der Waals surface area (Å²) in [6, 6.07) is 0. The molecule has 1 heteroatoms. The maximum Gasteiger partial charge on any atom is 0.140 e. The van der Waals surface area contributed by atoms with Crippen molar-refractivity contribution in [2.75, 3.05) is 0 Å². The van der Waals surface area contributed by atoms with Gasteiger partial charge in [0.15, 0.2) is 0 Å². The van der Waals surface area contributed by atoms with E-state index in [1.807, 2.05) is 0 Å². The van der Waals surface area contributed by atoms with Crippen LogP contribution in [0.2, 0.25) is 19.0 Å². The van der Waals surface area contributed by atoms with E-state index in [2.05, 4.69) is 6.92 Å². The van der Waals surface area contributed by atoms with Gasteiger partial charge in [0.2, 0.25) is 0 Å². The van der Waals surface area contributed by atoms with Crippen LogP contribution >= 0.6 is 0 Å². The molecule has 2 atom stereocenters. The Kier molecular flexibility index (Phi) is 1.11. The SMILES string of the molecule is CC12CB3CC(CC(C3)C1)C2. The molecule has 2 unspecified atom stereocenters. The van der Waals surface area contributed by atoms with Gasteiger partial charge in [-0.25, -0.2) is 0 Å². The van der Waals surface area contributed by atoms with Crippen LogP contribution in [0.3, 0.4) is 0 Å². The zero-order valence-corrected chi connectivity index (χ0v) is 7.47. The van der Waals surface area contributed by atoms with Gasteiger partial charge in [-0.15, -0.1) is 0 Å². The molecule has 3 saturated heterocycles. The first-order valence-electron chi connectivity index (χ1n) is 5.23. The average molecular weight is 148 g/mol. The molecule has 4 aliphatic rings.